The molecule has 4 rings (SSSR count). The summed E-state index contributed by atoms with van der Waals surface area (Å²) in [5, 5.41) is 16.4. The van der Waals surface area contributed by atoms with Gasteiger partial charge in [0.2, 0.25) is 0 Å². The summed E-state index contributed by atoms with van der Waals surface area (Å²) in [6.45, 7) is 3.72. The van der Waals surface area contributed by atoms with Crippen molar-refractivity contribution in [2.45, 2.75) is 18.9 Å². The molecular weight excluding hydrogens is 430 g/mol. The first-order valence-electron chi connectivity index (χ1n) is 11.6. The first-order chi connectivity index (χ1) is 16.6. The lowest BCUT2D eigenvalue weighted by atomic mass is 10.1. The molecule has 0 spiro atoms. The van der Waals surface area contributed by atoms with Crippen LogP contribution in [0.2, 0.25) is 0 Å². The molecule has 1 aliphatic heterocycles. The van der Waals surface area contributed by atoms with Gasteiger partial charge in [0.1, 0.15) is 18.2 Å². The number of benzene rings is 2. The second-order valence-corrected chi connectivity index (χ2v) is 8.32. The molecule has 0 bridgehead atoms. The van der Waals surface area contributed by atoms with Crippen molar-refractivity contribution in [1.82, 2.24) is 9.88 Å². The third kappa shape index (κ3) is 6.24. The maximum atomic E-state index is 12.0. The minimum Gasteiger partial charge on any atom is -0.492 e. The average molecular weight is 462 g/mol. The Morgan fingerprint density at radius 1 is 1.12 bits per heavy atom. The second-order valence-electron chi connectivity index (χ2n) is 8.32. The van der Waals surface area contributed by atoms with Crippen molar-refractivity contribution in [2.24, 2.45) is 5.73 Å². The summed E-state index contributed by atoms with van der Waals surface area (Å²) in [5.74, 6) is 0.715. The van der Waals surface area contributed by atoms with Gasteiger partial charge in [0.05, 0.1) is 23.9 Å². The molecule has 1 atom stereocenters. The summed E-state index contributed by atoms with van der Waals surface area (Å²) in [6.07, 6.45) is 3.97. The van der Waals surface area contributed by atoms with Crippen molar-refractivity contribution in [3.8, 4) is 5.75 Å². The van der Waals surface area contributed by atoms with E-state index < -0.39 is 11.9 Å². The number of nitrogens with zero attached hydrogens (tertiary/aromatic N) is 2. The van der Waals surface area contributed by atoms with Crippen LogP contribution in [0.15, 0.2) is 66.9 Å². The number of carbonyl (C=O) groups is 1. The number of primary amides is 1. The number of hydrogen-bond donors (Lipinski definition) is 4. The van der Waals surface area contributed by atoms with Crippen molar-refractivity contribution in [3.05, 3.63) is 78.0 Å². The molecule has 0 unspecified atom stereocenters. The smallest absolute Gasteiger partial charge is 0.252 e. The summed E-state index contributed by atoms with van der Waals surface area (Å²) in [7, 11) is 0. The van der Waals surface area contributed by atoms with Gasteiger partial charge in [0.25, 0.3) is 5.91 Å². The summed E-state index contributed by atoms with van der Waals surface area (Å²) in [5.41, 5.74) is 8.01. The fraction of sp³-hybridized carbons (Fsp3) is 0.308. The molecular formula is C26H31N5O3. The van der Waals surface area contributed by atoms with Gasteiger partial charge in [-0.1, -0.05) is 36.4 Å². The number of nitrogens with one attached hydrogen (secondary N) is 2. The Kier molecular flexibility index (Phi) is 7.95. The number of aromatic nitrogens is 1. The lowest BCUT2D eigenvalue weighted by molar-refractivity contribution is 0.100. The van der Waals surface area contributed by atoms with Gasteiger partial charge >= 0.3 is 0 Å². The van der Waals surface area contributed by atoms with E-state index in [2.05, 4.69) is 20.5 Å². The van der Waals surface area contributed by atoms with Crippen LogP contribution >= 0.6 is 0 Å². The van der Waals surface area contributed by atoms with Crippen LogP contribution in [0, 0.1) is 0 Å². The molecule has 1 aromatic heterocycles. The topological polar surface area (TPSA) is 113 Å². The van der Waals surface area contributed by atoms with Gasteiger partial charge < -0.3 is 26.2 Å². The molecule has 3 aromatic rings. The number of rotatable bonds is 11. The van der Waals surface area contributed by atoms with E-state index in [0.717, 1.165) is 36.6 Å². The minimum atomic E-state index is -0.597. The molecule has 2 heterocycles. The molecule has 2 aromatic carbocycles. The normalized spacial score (nSPS) is 14.5. The molecule has 0 saturated carbocycles. The van der Waals surface area contributed by atoms with Crippen molar-refractivity contribution in [3.63, 3.8) is 0 Å². The summed E-state index contributed by atoms with van der Waals surface area (Å²) >= 11 is 0. The van der Waals surface area contributed by atoms with Crippen LogP contribution in [0.3, 0.4) is 0 Å². The molecule has 1 aliphatic rings. The van der Waals surface area contributed by atoms with Gasteiger partial charge in [-0.3, -0.25) is 9.69 Å². The molecule has 0 aliphatic carbocycles. The average Bonchev–Trinajstić information content (AvgIpc) is 3.37. The SMILES string of the molecule is NC(=O)c1cnc(Nc2cccc(OCCN3CCCC3)c2)cc1N[C@H](CO)c1ccccc1. The number of carbonyl (C=O) groups excluding carboxylic acids is 1. The van der Waals surface area contributed by atoms with Crippen LogP contribution in [0.1, 0.15) is 34.8 Å². The molecule has 0 radical (unpaired) electrons. The van der Waals surface area contributed by atoms with E-state index in [0.29, 0.717) is 18.1 Å². The number of anilines is 3. The Morgan fingerprint density at radius 3 is 2.65 bits per heavy atom. The van der Waals surface area contributed by atoms with Crippen LogP contribution < -0.4 is 21.1 Å². The fourth-order valence-electron chi connectivity index (χ4n) is 4.06. The Hall–Kier alpha value is -3.62. The van der Waals surface area contributed by atoms with Gasteiger partial charge in [-0.25, -0.2) is 4.98 Å². The zero-order valence-electron chi connectivity index (χ0n) is 19.1. The van der Waals surface area contributed by atoms with Gasteiger partial charge in [-0.05, 0) is 43.6 Å². The summed E-state index contributed by atoms with van der Waals surface area (Å²) in [6, 6.07) is 18.5. The molecule has 8 heteroatoms. The van der Waals surface area contributed by atoms with Gasteiger partial charge in [0.15, 0.2) is 0 Å². The van der Waals surface area contributed by atoms with Gasteiger partial charge in [-0.2, -0.15) is 0 Å². The van der Waals surface area contributed by atoms with E-state index in [4.69, 9.17) is 10.5 Å². The van der Waals surface area contributed by atoms with E-state index in [9.17, 15) is 9.90 Å². The van der Waals surface area contributed by atoms with Crippen molar-refractivity contribution < 1.29 is 14.6 Å². The number of likely N-dealkylation sites (tertiary alicyclic amines) is 1. The number of ether oxygens (including phenoxy) is 1. The van der Waals surface area contributed by atoms with Crippen molar-refractivity contribution in [1.29, 1.82) is 0 Å². The third-order valence-electron chi connectivity index (χ3n) is 5.87. The summed E-state index contributed by atoms with van der Waals surface area (Å²) < 4.78 is 5.93. The van der Waals surface area contributed by atoms with E-state index in [1.165, 1.54) is 19.0 Å². The highest BCUT2D eigenvalue weighted by Gasteiger charge is 2.16. The lowest BCUT2D eigenvalue weighted by Gasteiger charge is -2.20. The number of hydrogen-bond acceptors (Lipinski definition) is 7. The highest BCUT2D eigenvalue weighted by molar-refractivity contribution is 5.98. The van der Waals surface area contributed by atoms with Crippen LogP contribution in [0.5, 0.6) is 5.75 Å². The maximum Gasteiger partial charge on any atom is 0.252 e. The third-order valence-corrected chi connectivity index (χ3v) is 5.87. The molecule has 1 saturated heterocycles. The molecule has 1 amide bonds. The van der Waals surface area contributed by atoms with E-state index in [-0.39, 0.29) is 12.2 Å². The molecule has 8 nitrogen and oxygen atoms in total. The van der Waals surface area contributed by atoms with Crippen LogP contribution in [-0.4, -0.2) is 53.7 Å². The molecule has 178 valence electrons. The highest BCUT2D eigenvalue weighted by Crippen LogP contribution is 2.27. The molecule has 5 N–H and O–H groups in total. The number of nitrogens with two attached hydrogens (primary N) is 1. The largest absolute Gasteiger partial charge is 0.492 e. The van der Waals surface area contributed by atoms with Crippen molar-refractivity contribution in [2.75, 3.05) is 43.5 Å². The standard InChI is InChI=1S/C26H31N5O3/c27-26(33)22-17-28-25(16-23(22)30-24(18-32)19-7-2-1-3-8-19)29-20-9-6-10-21(15-20)34-14-13-31-11-4-5-12-31/h1-3,6-10,15-17,24,32H,4-5,11-14,18H2,(H2,27,33)(H2,28,29,30)/t24-/m1/s1. The Labute approximate surface area is 199 Å². The quantitative estimate of drug-likeness (QED) is 0.345. The molecule has 34 heavy (non-hydrogen) atoms. The van der Waals surface area contributed by atoms with Gasteiger partial charge in [0, 0.05) is 30.6 Å². The zero-order valence-corrected chi connectivity index (χ0v) is 19.1. The first kappa shape index (κ1) is 23.5. The van der Waals surface area contributed by atoms with E-state index in [1.807, 2.05) is 54.6 Å². The molecule has 1 fully saturated rings. The highest BCUT2D eigenvalue weighted by atomic mass is 16.5. The minimum absolute atomic E-state index is 0.149. The predicted molar refractivity (Wildman–Crippen MR) is 134 cm³/mol. The number of aliphatic hydroxyl groups excluding tert-OH is 1. The second kappa shape index (κ2) is 11.5. The van der Waals surface area contributed by atoms with Crippen LogP contribution in [0.25, 0.3) is 0 Å². The van der Waals surface area contributed by atoms with Crippen LogP contribution in [0.4, 0.5) is 17.2 Å². The number of pyridine rings is 1. The first-order valence-corrected chi connectivity index (χ1v) is 11.6. The predicted octanol–water partition coefficient (Wildman–Crippen LogP) is 3.54. The number of aliphatic hydroxyl groups is 1. The van der Waals surface area contributed by atoms with E-state index in [1.54, 1.807) is 6.07 Å². The zero-order chi connectivity index (χ0) is 23.8. The van der Waals surface area contributed by atoms with E-state index >= 15 is 0 Å². The fourth-order valence-corrected chi connectivity index (χ4v) is 4.06. The summed E-state index contributed by atoms with van der Waals surface area (Å²) in [4.78, 5) is 18.7. The Balaban J connectivity index is 1.46. The Morgan fingerprint density at radius 2 is 1.91 bits per heavy atom. The number of amides is 1. The Bertz CT molecular complexity index is 1090. The maximum absolute atomic E-state index is 12.0. The van der Waals surface area contributed by atoms with Crippen molar-refractivity contribution >= 4 is 23.1 Å². The monoisotopic (exact) mass is 461 g/mol. The van der Waals surface area contributed by atoms with Gasteiger partial charge in [-0.15, -0.1) is 0 Å². The lowest BCUT2D eigenvalue weighted by Crippen LogP contribution is -2.25. The van der Waals surface area contributed by atoms with Crippen LogP contribution in [-0.2, 0) is 0 Å².